The maximum Gasteiger partial charge on any atom is 0.469 e. The first-order valence-corrected chi connectivity index (χ1v) is 25.0. The zero-order chi connectivity index (χ0) is 41.0. The van der Waals surface area contributed by atoms with Gasteiger partial charge >= 0.3 is 19.8 Å². The topological polar surface area (TPSA) is 132 Å². The van der Waals surface area contributed by atoms with Gasteiger partial charge in [-0.25, -0.2) is 4.57 Å². The average molecular weight is 815 g/mol. The van der Waals surface area contributed by atoms with E-state index in [0.29, 0.717) is 18.6 Å². The van der Waals surface area contributed by atoms with Gasteiger partial charge in [-0.1, -0.05) is 193 Å². The number of esters is 2. The van der Waals surface area contributed by atoms with Gasteiger partial charge in [0, 0.05) is 12.8 Å². The quantitative estimate of drug-likeness (QED) is 0.0203. The molecule has 0 saturated carbocycles. The van der Waals surface area contributed by atoms with Crippen LogP contribution in [0.4, 0.5) is 0 Å². The Kier molecular flexibility index (Phi) is 34.7. The van der Waals surface area contributed by atoms with E-state index in [1.807, 2.05) is 0 Å². The maximum absolute atomic E-state index is 12.5. The van der Waals surface area contributed by atoms with E-state index in [1.54, 1.807) is 0 Å². The fourth-order valence-electron chi connectivity index (χ4n) is 7.24. The third-order valence-electron chi connectivity index (χ3n) is 11.2. The number of carbonyl (C=O) groups is 2. The molecule has 0 aliphatic carbocycles. The number of rotatable bonds is 42. The molecule has 0 spiro atoms. The van der Waals surface area contributed by atoms with Crippen LogP contribution in [0.5, 0.6) is 0 Å². The van der Waals surface area contributed by atoms with Crippen LogP contribution in [0, 0.1) is 5.92 Å². The van der Waals surface area contributed by atoms with Crippen LogP contribution in [0.3, 0.4) is 0 Å². The Morgan fingerprint density at radius 1 is 0.625 bits per heavy atom. The fourth-order valence-corrected chi connectivity index (χ4v) is 7.60. The highest BCUT2D eigenvalue weighted by Gasteiger charge is 2.36. The lowest BCUT2D eigenvalue weighted by Crippen LogP contribution is -2.29. The monoisotopic (exact) mass is 815 g/mol. The van der Waals surface area contributed by atoms with Gasteiger partial charge in [-0.3, -0.25) is 14.1 Å². The van der Waals surface area contributed by atoms with E-state index in [4.69, 9.17) is 24.0 Å². The van der Waals surface area contributed by atoms with Crippen molar-refractivity contribution in [1.82, 2.24) is 0 Å². The molecular formula is C46H87O9P. The predicted octanol–water partition coefficient (Wildman–Crippen LogP) is 13.4. The molecule has 0 aromatic rings. The summed E-state index contributed by atoms with van der Waals surface area (Å²) in [4.78, 5) is 43.0. The molecular weight excluding hydrogens is 727 g/mol. The van der Waals surface area contributed by atoms with Gasteiger partial charge < -0.3 is 24.0 Å². The van der Waals surface area contributed by atoms with Gasteiger partial charge in [-0.15, -0.1) is 0 Å². The number of carbonyl (C=O) groups excluding carboxylic acids is 2. The largest absolute Gasteiger partial charge is 0.469 e. The van der Waals surface area contributed by atoms with E-state index in [0.717, 1.165) is 70.1 Å². The number of epoxide rings is 1. The van der Waals surface area contributed by atoms with Crippen molar-refractivity contribution in [2.45, 2.75) is 251 Å². The molecule has 1 aliphatic rings. The molecule has 1 fully saturated rings. The Morgan fingerprint density at radius 2 is 1.12 bits per heavy atom. The standard InChI is InChI=1S/C46H87O9P/c1-4-6-7-8-25-30-35-43-44(55-43)36-31-26-23-28-33-38-46(48)54-42(40-53-56(49,50)51)39-52-45(47)37-32-27-22-20-18-16-14-12-10-9-11-13-15-17-19-21-24-29-34-41(3)5-2/h25,30,41-44H,4-24,26-29,31-40H2,1-3H3,(H2,49,50,51)/b30-25-/t41?,42-,43?,44?/m1/s1. The predicted molar refractivity (Wildman–Crippen MR) is 230 cm³/mol. The summed E-state index contributed by atoms with van der Waals surface area (Å²) in [6.45, 7) is 6.06. The molecule has 1 rings (SSSR count). The lowest BCUT2D eigenvalue weighted by atomic mass is 9.99. The van der Waals surface area contributed by atoms with Gasteiger partial charge in [-0.2, -0.15) is 0 Å². The van der Waals surface area contributed by atoms with Crippen LogP contribution in [0.15, 0.2) is 12.2 Å². The third kappa shape index (κ3) is 35.9. The van der Waals surface area contributed by atoms with Crippen molar-refractivity contribution in [2.24, 2.45) is 5.92 Å². The van der Waals surface area contributed by atoms with Crippen LogP contribution in [0.25, 0.3) is 0 Å². The molecule has 3 unspecified atom stereocenters. The highest BCUT2D eigenvalue weighted by molar-refractivity contribution is 7.46. The van der Waals surface area contributed by atoms with E-state index >= 15 is 0 Å². The van der Waals surface area contributed by atoms with Gasteiger partial charge in [0.2, 0.25) is 0 Å². The minimum absolute atomic E-state index is 0.192. The summed E-state index contributed by atoms with van der Waals surface area (Å²) in [6.07, 6.45) is 42.4. The molecule has 1 aliphatic heterocycles. The molecule has 0 radical (unpaired) electrons. The van der Waals surface area contributed by atoms with Crippen molar-refractivity contribution in [3.63, 3.8) is 0 Å². The van der Waals surface area contributed by atoms with E-state index in [-0.39, 0.29) is 19.4 Å². The van der Waals surface area contributed by atoms with Crippen LogP contribution in [0.2, 0.25) is 0 Å². The number of phosphoric acid groups is 1. The molecule has 0 aromatic heterocycles. The second-order valence-electron chi connectivity index (χ2n) is 16.7. The van der Waals surface area contributed by atoms with Crippen molar-refractivity contribution in [3.05, 3.63) is 12.2 Å². The van der Waals surface area contributed by atoms with Crippen molar-refractivity contribution >= 4 is 19.8 Å². The Labute approximate surface area is 343 Å². The van der Waals surface area contributed by atoms with Crippen molar-refractivity contribution in [1.29, 1.82) is 0 Å². The van der Waals surface area contributed by atoms with Crippen LogP contribution < -0.4 is 0 Å². The summed E-state index contributed by atoms with van der Waals surface area (Å²) in [5, 5.41) is 0. The highest BCUT2D eigenvalue weighted by atomic mass is 31.2. The van der Waals surface area contributed by atoms with E-state index in [2.05, 4.69) is 37.4 Å². The Morgan fingerprint density at radius 3 is 1.64 bits per heavy atom. The molecule has 56 heavy (non-hydrogen) atoms. The molecule has 0 bridgehead atoms. The van der Waals surface area contributed by atoms with Crippen LogP contribution in [-0.2, 0) is 32.9 Å². The summed E-state index contributed by atoms with van der Waals surface area (Å²) in [7, 11) is -4.76. The van der Waals surface area contributed by atoms with Crippen LogP contribution in [0.1, 0.15) is 233 Å². The van der Waals surface area contributed by atoms with Crippen molar-refractivity contribution in [3.8, 4) is 0 Å². The summed E-state index contributed by atoms with van der Waals surface area (Å²) in [5.74, 6) is 0.00409. The Balaban J connectivity index is 2.00. The fraction of sp³-hybridized carbons (Fsp3) is 0.913. The molecule has 4 atom stereocenters. The first kappa shape index (κ1) is 52.8. The molecule has 0 amide bonds. The number of allylic oxidation sites excluding steroid dienone is 1. The zero-order valence-electron chi connectivity index (χ0n) is 36.4. The SMILES string of the molecule is CCCCC/C=C\CC1OC1CCCCCCCC(=O)O[C@H](COC(=O)CCCCCCCCCCCCCCCCCCCCC(C)CC)COP(=O)(O)O. The summed E-state index contributed by atoms with van der Waals surface area (Å²) in [5.41, 5.74) is 0. The second kappa shape index (κ2) is 36.8. The van der Waals surface area contributed by atoms with Gasteiger partial charge in [0.25, 0.3) is 0 Å². The van der Waals surface area contributed by atoms with E-state index in [9.17, 15) is 14.2 Å². The number of hydrogen-bond acceptors (Lipinski definition) is 7. The molecule has 0 aromatic carbocycles. The van der Waals surface area contributed by atoms with E-state index in [1.165, 1.54) is 128 Å². The minimum atomic E-state index is -4.76. The van der Waals surface area contributed by atoms with Crippen LogP contribution in [-0.4, -0.2) is 53.3 Å². The third-order valence-corrected chi connectivity index (χ3v) is 11.7. The molecule has 9 nitrogen and oxygen atoms in total. The number of unbranched alkanes of at least 4 members (excludes halogenated alkanes) is 24. The highest BCUT2D eigenvalue weighted by Crippen LogP contribution is 2.36. The zero-order valence-corrected chi connectivity index (χ0v) is 37.3. The minimum Gasteiger partial charge on any atom is -0.462 e. The molecule has 1 heterocycles. The smallest absolute Gasteiger partial charge is 0.462 e. The first-order valence-electron chi connectivity index (χ1n) is 23.5. The lowest BCUT2D eigenvalue weighted by molar-refractivity contribution is -0.161. The Hall–Kier alpha value is -1.25. The summed E-state index contributed by atoms with van der Waals surface area (Å²) < 4.78 is 32.3. The van der Waals surface area contributed by atoms with E-state index < -0.39 is 32.5 Å². The molecule has 10 heteroatoms. The summed E-state index contributed by atoms with van der Waals surface area (Å²) >= 11 is 0. The lowest BCUT2D eigenvalue weighted by Gasteiger charge is -2.18. The van der Waals surface area contributed by atoms with Gasteiger partial charge in [0.1, 0.15) is 6.61 Å². The second-order valence-corrected chi connectivity index (χ2v) is 18.0. The first-order chi connectivity index (χ1) is 27.1. The average Bonchev–Trinajstić information content (AvgIpc) is 3.93. The van der Waals surface area contributed by atoms with Gasteiger partial charge in [0.05, 0.1) is 18.8 Å². The molecule has 2 N–H and O–H groups in total. The van der Waals surface area contributed by atoms with Crippen molar-refractivity contribution in [2.75, 3.05) is 13.2 Å². The maximum atomic E-state index is 12.5. The number of hydrogen-bond donors (Lipinski definition) is 2. The van der Waals surface area contributed by atoms with Gasteiger partial charge in [0.15, 0.2) is 6.10 Å². The van der Waals surface area contributed by atoms with Crippen LogP contribution >= 0.6 is 7.82 Å². The van der Waals surface area contributed by atoms with Crippen molar-refractivity contribution < 1.29 is 42.7 Å². The van der Waals surface area contributed by atoms with Gasteiger partial charge in [-0.05, 0) is 44.4 Å². The number of phosphoric ester groups is 1. The Bertz CT molecular complexity index is 999. The summed E-state index contributed by atoms with van der Waals surface area (Å²) in [6, 6.07) is 0. The molecule has 330 valence electrons. The number of ether oxygens (including phenoxy) is 3. The molecule has 1 saturated heterocycles. The normalized spacial score (nSPS) is 16.7.